The van der Waals surface area contributed by atoms with Gasteiger partial charge in [-0.15, -0.1) is 0 Å². The van der Waals surface area contributed by atoms with Crippen molar-refractivity contribution in [1.29, 1.82) is 0 Å². The van der Waals surface area contributed by atoms with Crippen LogP contribution in [0, 0.1) is 0 Å². The first-order chi connectivity index (χ1) is 8.87. The summed E-state index contributed by atoms with van der Waals surface area (Å²) in [7, 11) is -3.72. The van der Waals surface area contributed by atoms with E-state index in [-0.39, 0.29) is 18.8 Å². The van der Waals surface area contributed by atoms with Gasteiger partial charge in [-0.2, -0.15) is 4.31 Å². The van der Waals surface area contributed by atoms with Gasteiger partial charge >= 0.3 is 0 Å². The van der Waals surface area contributed by atoms with Crippen LogP contribution in [0.2, 0.25) is 0 Å². The molecule has 1 heterocycles. The molecule has 0 aromatic heterocycles. The average molecular weight is 283 g/mol. The predicted molar refractivity (Wildman–Crippen MR) is 68.2 cm³/mol. The Bertz CT molecular complexity index is 611. The number of nitrogens with zero attached hydrogens (tertiary/aromatic N) is 1. The number of piperazine rings is 1. The van der Waals surface area contributed by atoms with Crippen molar-refractivity contribution in [2.24, 2.45) is 0 Å². The summed E-state index contributed by atoms with van der Waals surface area (Å²) in [5, 5.41) is 2.05. The highest BCUT2D eigenvalue weighted by Gasteiger charge is 2.31. The van der Waals surface area contributed by atoms with Crippen molar-refractivity contribution in [2.45, 2.75) is 5.75 Å². The largest absolute Gasteiger partial charge is 0.399 e. The van der Waals surface area contributed by atoms with Gasteiger partial charge in [-0.25, -0.2) is 8.42 Å². The van der Waals surface area contributed by atoms with Gasteiger partial charge in [0.1, 0.15) is 0 Å². The molecule has 8 heteroatoms. The smallest absolute Gasteiger partial charge is 0.241 e. The van der Waals surface area contributed by atoms with Gasteiger partial charge in [-0.3, -0.25) is 14.9 Å². The number of amides is 2. The van der Waals surface area contributed by atoms with Crippen molar-refractivity contribution in [3.63, 3.8) is 0 Å². The Hall–Kier alpha value is -1.93. The summed E-state index contributed by atoms with van der Waals surface area (Å²) in [5.41, 5.74) is 6.54. The number of sulfonamides is 1. The van der Waals surface area contributed by atoms with E-state index >= 15 is 0 Å². The molecule has 0 atom stereocenters. The number of anilines is 1. The van der Waals surface area contributed by atoms with E-state index in [1.807, 2.05) is 0 Å². The third kappa shape index (κ3) is 3.30. The first-order valence-corrected chi connectivity index (χ1v) is 7.13. The van der Waals surface area contributed by atoms with Gasteiger partial charge in [0.25, 0.3) is 0 Å². The molecular formula is C11H13N3O4S. The number of hydrogen-bond donors (Lipinski definition) is 2. The Morgan fingerprint density at radius 3 is 2.42 bits per heavy atom. The lowest BCUT2D eigenvalue weighted by Crippen LogP contribution is -2.53. The number of nitrogens with one attached hydrogen (secondary N) is 1. The second-order valence-corrected chi connectivity index (χ2v) is 6.21. The molecule has 1 aromatic rings. The summed E-state index contributed by atoms with van der Waals surface area (Å²) in [5.74, 6) is -1.53. The number of nitrogens with two attached hydrogens (primary N) is 1. The van der Waals surface area contributed by atoms with E-state index in [9.17, 15) is 18.0 Å². The molecular weight excluding hydrogens is 270 g/mol. The van der Waals surface area contributed by atoms with E-state index in [2.05, 4.69) is 5.32 Å². The SMILES string of the molecule is Nc1cccc(CS(=O)(=O)N2CC(=O)NC(=O)C2)c1. The number of hydrogen-bond acceptors (Lipinski definition) is 5. The molecule has 0 bridgehead atoms. The molecule has 102 valence electrons. The molecule has 1 aromatic carbocycles. The average Bonchev–Trinajstić information content (AvgIpc) is 2.26. The van der Waals surface area contributed by atoms with E-state index in [1.54, 1.807) is 24.3 Å². The molecule has 0 saturated carbocycles. The minimum Gasteiger partial charge on any atom is -0.399 e. The van der Waals surface area contributed by atoms with E-state index < -0.39 is 21.8 Å². The fourth-order valence-corrected chi connectivity index (χ4v) is 3.20. The number of carbonyl (C=O) groups excluding carboxylic acids is 2. The van der Waals surface area contributed by atoms with Gasteiger partial charge in [0.2, 0.25) is 21.8 Å². The van der Waals surface area contributed by atoms with Crippen molar-refractivity contribution in [3.8, 4) is 0 Å². The van der Waals surface area contributed by atoms with E-state index in [0.29, 0.717) is 11.3 Å². The van der Waals surface area contributed by atoms with Crippen LogP contribution in [0.1, 0.15) is 5.56 Å². The Morgan fingerprint density at radius 2 is 1.84 bits per heavy atom. The molecule has 0 unspecified atom stereocenters. The van der Waals surface area contributed by atoms with Crippen LogP contribution in [0.5, 0.6) is 0 Å². The van der Waals surface area contributed by atoms with Gasteiger partial charge in [0.15, 0.2) is 0 Å². The van der Waals surface area contributed by atoms with E-state index in [0.717, 1.165) is 4.31 Å². The standard InChI is InChI=1S/C11H13N3O4S/c12-9-3-1-2-8(4-9)7-19(17,18)14-5-10(15)13-11(16)6-14/h1-4H,5-7,12H2,(H,13,15,16). The van der Waals surface area contributed by atoms with Gasteiger partial charge in [-0.1, -0.05) is 12.1 Å². The highest BCUT2D eigenvalue weighted by atomic mass is 32.2. The lowest BCUT2D eigenvalue weighted by Gasteiger charge is -2.24. The van der Waals surface area contributed by atoms with E-state index in [4.69, 9.17) is 5.73 Å². The molecule has 0 radical (unpaired) electrons. The van der Waals surface area contributed by atoms with Crippen LogP contribution in [0.15, 0.2) is 24.3 Å². The highest BCUT2D eigenvalue weighted by Crippen LogP contribution is 2.14. The van der Waals surface area contributed by atoms with Crippen LogP contribution in [0.3, 0.4) is 0 Å². The van der Waals surface area contributed by atoms with Crippen LogP contribution in [-0.2, 0) is 25.4 Å². The highest BCUT2D eigenvalue weighted by molar-refractivity contribution is 7.88. The summed E-state index contributed by atoms with van der Waals surface area (Å²) in [4.78, 5) is 22.4. The van der Waals surface area contributed by atoms with Crippen molar-refractivity contribution in [1.82, 2.24) is 9.62 Å². The lowest BCUT2D eigenvalue weighted by atomic mass is 10.2. The summed E-state index contributed by atoms with van der Waals surface area (Å²) >= 11 is 0. The second kappa shape index (κ2) is 4.98. The normalized spacial score (nSPS) is 17.3. The fourth-order valence-electron chi connectivity index (χ4n) is 1.79. The van der Waals surface area contributed by atoms with Crippen molar-refractivity contribution >= 4 is 27.5 Å². The van der Waals surface area contributed by atoms with Gasteiger partial charge in [0.05, 0.1) is 18.8 Å². The molecule has 1 aliphatic heterocycles. The lowest BCUT2D eigenvalue weighted by molar-refractivity contribution is -0.134. The maximum atomic E-state index is 12.1. The molecule has 19 heavy (non-hydrogen) atoms. The third-order valence-electron chi connectivity index (χ3n) is 2.61. The van der Waals surface area contributed by atoms with Gasteiger partial charge in [0, 0.05) is 5.69 Å². The maximum absolute atomic E-state index is 12.1. The molecule has 1 saturated heterocycles. The Balaban J connectivity index is 2.18. The molecule has 1 fully saturated rings. The minimum atomic E-state index is -3.72. The Kier molecular flexibility index (Phi) is 3.54. The number of imide groups is 1. The minimum absolute atomic E-state index is 0.293. The fraction of sp³-hybridized carbons (Fsp3) is 0.273. The Morgan fingerprint density at radius 1 is 1.21 bits per heavy atom. The zero-order chi connectivity index (χ0) is 14.0. The van der Waals surface area contributed by atoms with Gasteiger partial charge < -0.3 is 5.73 Å². The number of rotatable bonds is 3. The van der Waals surface area contributed by atoms with E-state index in [1.165, 1.54) is 0 Å². The van der Waals surface area contributed by atoms with Gasteiger partial charge in [-0.05, 0) is 17.7 Å². The molecule has 2 amide bonds. The topological polar surface area (TPSA) is 110 Å². The molecule has 0 spiro atoms. The van der Waals surface area contributed by atoms with Crippen LogP contribution in [0.25, 0.3) is 0 Å². The summed E-state index contributed by atoms with van der Waals surface area (Å²) in [6.07, 6.45) is 0. The summed E-state index contributed by atoms with van der Waals surface area (Å²) < 4.78 is 25.1. The molecule has 1 aliphatic rings. The molecule has 3 N–H and O–H groups in total. The van der Waals surface area contributed by atoms with Crippen molar-refractivity contribution in [3.05, 3.63) is 29.8 Å². The zero-order valence-electron chi connectivity index (χ0n) is 10.00. The first kappa shape index (κ1) is 13.5. The second-order valence-electron chi connectivity index (χ2n) is 4.24. The third-order valence-corrected chi connectivity index (χ3v) is 4.36. The molecule has 7 nitrogen and oxygen atoms in total. The summed E-state index contributed by atoms with van der Waals surface area (Å²) in [6.45, 7) is -0.674. The maximum Gasteiger partial charge on any atom is 0.241 e. The zero-order valence-corrected chi connectivity index (χ0v) is 10.8. The van der Waals surface area contributed by atoms with Crippen LogP contribution >= 0.6 is 0 Å². The Labute approximate surface area is 110 Å². The molecule has 0 aliphatic carbocycles. The number of benzene rings is 1. The monoisotopic (exact) mass is 283 g/mol. The first-order valence-electron chi connectivity index (χ1n) is 5.52. The van der Waals surface area contributed by atoms with Crippen LogP contribution in [0.4, 0.5) is 5.69 Å². The van der Waals surface area contributed by atoms with Crippen molar-refractivity contribution in [2.75, 3.05) is 18.8 Å². The number of nitrogen functional groups attached to an aromatic ring is 1. The van der Waals surface area contributed by atoms with Crippen LogP contribution in [-0.4, -0.2) is 37.6 Å². The quantitative estimate of drug-likeness (QED) is 0.549. The number of carbonyl (C=O) groups is 2. The van der Waals surface area contributed by atoms with Crippen molar-refractivity contribution < 1.29 is 18.0 Å². The molecule has 2 rings (SSSR count). The van der Waals surface area contributed by atoms with Crippen LogP contribution < -0.4 is 11.1 Å². The predicted octanol–water partition coefficient (Wildman–Crippen LogP) is -0.943. The summed E-state index contributed by atoms with van der Waals surface area (Å²) in [6, 6.07) is 6.46.